The van der Waals surface area contributed by atoms with E-state index in [1.165, 1.54) is 11.4 Å². The van der Waals surface area contributed by atoms with Crippen LogP contribution in [-0.4, -0.2) is 36.2 Å². The second-order valence-corrected chi connectivity index (χ2v) is 4.34. The van der Waals surface area contributed by atoms with Crippen molar-refractivity contribution in [2.75, 3.05) is 26.2 Å². The van der Waals surface area contributed by atoms with Crippen LogP contribution < -0.4 is 11.5 Å². The fraction of sp³-hybridized carbons (Fsp3) is 1.00. The zero-order valence-corrected chi connectivity index (χ0v) is 11.1. The second-order valence-electron chi connectivity index (χ2n) is 4.34. The second kappa shape index (κ2) is 12.4. The summed E-state index contributed by atoms with van der Waals surface area (Å²) in [5, 5.41) is 25.1. The van der Waals surface area contributed by atoms with Gasteiger partial charge in [0.2, 0.25) is 0 Å². The molecule has 0 fully saturated rings. The molecule has 0 saturated carbocycles. The lowest BCUT2D eigenvalue weighted by atomic mass is 10.1. The van der Waals surface area contributed by atoms with Crippen molar-refractivity contribution in [2.24, 2.45) is 16.7 Å². The van der Waals surface area contributed by atoms with Crippen LogP contribution in [0, 0.1) is 10.4 Å². The summed E-state index contributed by atoms with van der Waals surface area (Å²) >= 11 is 0. The van der Waals surface area contributed by atoms with Crippen molar-refractivity contribution in [1.82, 2.24) is 5.01 Å². The Morgan fingerprint density at radius 1 is 0.833 bits per heavy atom. The molecular formula is C11H26N5O2-. The van der Waals surface area contributed by atoms with E-state index in [9.17, 15) is 10.4 Å². The Kier molecular flexibility index (Phi) is 11.6. The third kappa shape index (κ3) is 9.00. The van der Waals surface area contributed by atoms with Gasteiger partial charge in [0.15, 0.2) is 0 Å². The smallest absolute Gasteiger partial charge is 0.0779 e. The highest BCUT2D eigenvalue weighted by atomic mass is 16.6. The first-order chi connectivity index (χ1) is 8.76. The summed E-state index contributed by atoms with van der Waals surface area (Å²) in [5.74, 6) is 0. The molecule has 7 heteroatoms. The first-order valence-corrected chi connectivity index (χ1v) is 6.71. The lowest BCUT2D eigenvalue weighted by molar-refractivity contribution is -0.690. The maximum absolute atomic E-state index is 11.1. The third-order valence-electron chi connectivity index (χ3n) is 2.80. The van der Waals surface area contributed by atoms with Gasteiger partial charge in [-0.3, -0.25) is 0 Å². The molecule has 0 aromatic carbocycles. The number of unbranched alkanes of at least 4 members (excludes halogenated alkanes) is 5. The average molecular weight is 260 g/mol. The molecule has 0 aromatic heterocycles. The van der Waals surface area contributed by atoms with Crippen molar-refractivity contribution in [3.8, 4) is 0 Å². The number of nitrogens with zero attached hydrogens (tertiary/aromatic N) is 3. The monoisotopic (exact) mass is 260 g/mol. The third-order valence-corrected chi connectivity index (χ3v) is 2.80. The van der Waals surface area contributed by atoms with Gasteiger partial charge in [0, 0.05) is 4.97 Å². The van der Waals surface area contributed by atoms with E-state index in [-0.39, 0.29) is 4.97 Å². The van der Waals surface area contributed by atoms with Crippen LogP contribution in [0.2, 0.25) is 0 Å². The van der Waals surface area contributed by atoms with Gasteiger partial charge >= 0.3 is 0 Å². The predicted octanol–water partition coefficient (Wildman–Crippen LogP) is 1.31. The summed E-state index contributed by atoms with van der Waals surface area (Å²) in [7, 11) is 0. The van der Waals surface area contributed by atoms with Crippen molar-refractivity contribution in [1.29, 1.82) is 0 Å². The Bertz CT molecular complexity index is 214. The largest absolute Gasteiger partial charge is 0.737 e. The SMILES string of the molecule is NCCCCCCCCN(CCCN)/[N+]([O-])=N/[O-]. The van der Waals surface area contributed by atoms with Crippen molar-refractivity contribution in [3.63, 3.8) is 0 Å². The summed E-state index contributed by atoms with van der Waals surface area (Å²) in [5.41, 5.74) is 10.8. The summed E-state index contributed by atoms with van der Waals surface area (Å²) in [6.07, 6.45) is 7.18. The van der Waals surface area contributed by atoms with E-state index in [0.29, 0.717) is 26.1 Å². The van der Waals surface area contributed by atoms with Crippen LogP contribution in [0.3, 0.4) is 0 Å². The van der Waals surface area contributed by atoms with E-state index >= 15 is 0 Å². The molecule has 4 N–H and O–H groups in total. The maximum atomic E-state index is 11.1. The van der Waals surface area contributed by atoms with Crippen LogP contribution >= 0.6 is 0 Å². The molecule has 0 aliphatic rings. The van der Waals surface area contributed by atoms with Crippen molar-refractivity contribution in [3.05, 3.63) is 10.4 Å². The van der Waals surface area contributed by atoms with Gasteiger partial charge in [-0.2, -0.15) is 0 Å². The van der Waals surface area contributed by atoms with Crippen LogP contribution in [-0.2, 0) is 0 Å². The minimum Gasteiger partial charge on any atom is -0.737 e. The number of rotatable bonds is 12. The molecule has 0 radical (unpaired) electrons. The Hall–Kier alpha value is -1.08. The quantitative estimate of drug-likeness (QED) is 0.237. The van der Waals surface area contributed by atoms with Crippen LogP contribution in [0.15, 0.2) is 5.28 Å². The molecule has 108 valence electrons. The molecule has 0 spiro atoms. The van der Waals surface area contributed by atoms with Gasteiger partial charge in [0.05, 0.1) is 13.1 Å². The number of hydrogen-bond acceptors (Lipinski definition) is 5. The Labute approximate surface area is 109 Å². The van der Waals surface area contributed by atoms with E-state index in [1.807, 2.05) is 0 Å². The van der Waals surface area contributed by atoms with Gasteiger partial charge in [-0.15, -0.1) is 5.01 Å². The molecule has 0 saturated heterocycles. The number of hydrogen-bond donors (Lipinski definition) is 2. The Morgan fingerprint density at radius 3 is 1.89 bits per heavy atom. The molecule has 0 aliphatic heterocycles. The summed E-state index contributed by atoms with van der Waals surface area (Å²) in [6, 6.07) is 0. The predicted molar refractivity (Wildman–Crippen MR) is 71.4 cm³/mol. The Morgan fingerprint density at radius 2 is 1.33 bits per heavy atom. The van der Waals surface area contributed by atoms with Gasteiger partial charge in [0.1, 0.15) is 0 Å². The molecule has 18 heavy (non-hydrogen) atoms. The van der Waals surface area contributed by atoms with Crippen LogP contribution in [0.25, 0.3) is 0 Å². The molecular weight excluding hydrogens is 234 g/mol. The van der Waals surface area contributed by atoms with Gasteiger partial charge in [-0.25, -0.2) is 0 Å². The first kappa shape index (κ1) is 16.9. The zero-order chi connectivity index (χ0) is 13.6. The summed E-state index contributed by atoms with van der Waals surface area (Å²) < 4.78 is 0. The maximum Gasteiger partial charge on any atom is 0.0779 e. The Balaban J connectivity index is 3.63. The molecule has 0 bridgehead atoms. The number of nitrogens with two attached hydrogens (primary N) is 2. The van der Waals surface area contributed by atoms with Crippen LogP contribution in [0.4, 0.5) is 0 Å². The van der Waals surface area contributed by atoms with E-state index in [4.69, 9.17) is 11.5 Å². The molecule has 0 aromatic rings. The molecule has 0 aliphatic carbocycles. The summed E-state index contributed by atoms with van der Waals surface area (Å²) in [6.45, 7) is 2.30. The van der Waals surface area contributed by atoms with Crippen LogP contribution in [0.1, 0.15) is 44.9 Å². The van der Waals surface area contributed by atoms with Gasteiger partial charge in [0.25, 0.3) is 0 Å². The topological polar surface area (TPSA) is 117 Å². The minimum atomic E-state index is 0.129. The van der Waals surface area contributed by atoms with Gasteiger partial charge < -0.3 is 21.9 Å². The minimum absolute atomic E-state index is 0.129. The van der Waals surface area contributed by atoms with E-state index in [0.717, 1.165) is 38.6 Å². The van der Waals surface area contributed by atoms with Gasteiger partial charge in [-0.1, -0.05) is 25.7 Å². The highest BCUT2D eigenvalue weighted by Gasteiger charge is 2.09. The van der Waals surface area contributed by atoms with E-state index < -0.39 is 0 Å². The number of hydrazine groups is 1. The lowest BCUT2D eigenvalue weighted by Gasteiger charge is -2.19. The fourth-order valence-electron chi connectivity index (χ4n) is 1.75. The molecule has 7 nitrogen and oxygen atoms in total. The van der Waals surface area contributed by atoms with Crippen molar-refractivity contribution in [2.45, 2.75) is 44.9 Å². The highest BCUT2D eigenvalue weighted by molar-refractivity contribution is 4.51. The lowest BCUT2D eigenvalue weighted by Crippen LogP contribution is -2.33. The molecule has 0 unspecified atom stereocenters. The zero-order valence-electron chi connectivity index (χ0n) is 11.1. The van der Waals surface area contributed by atoms with Gasteiger partial charge in [-0.05, 0) is 37.6 Å². The van der Waals surface area contributed by atoms with E-state index in [2.05, 4.69) is 5.28 Å². The molecule has 0 rings (SSSR count). The van der Waals surface area contributed by atoms with Crippen molar-refractivity contribution >= 4 is 0 Å². The molecule has 0 amide bonds. The van der Waals surface area contributed by atoms with E-state index in [1.54, 1.807) is 0 Å². The normalized spacial score (nSPS) is 11.8. The van der Waals surface area contributed by atoms with Crippen molar-refractivity contribution < 1.29 is 4.97 Å². The average Bonchev–Trinajstić information content (AvgIpc) is 2.40. The first-order valence-electron chi connectivity index (χ1n) is 6.71. The summed E-state index contributed by atoms with van der Waals surface area (Å²) in [4.78, 5) is 0.129. The fourth-order valence-corrected chi connectivity index (χ4v) is 1.75. The van der Waals surface area contributed by atoms with Crippen LogP contribution in [0.5, 0.6) is 0 Å². The highest BCUT2D eigenvalue weighted by Crippen LogP contribution is 2.06. The standard InChI is InChI=1S/C11H27N5O2/c12-8-5-3-1-2-4-6-10-15(11-7-9-13)16(18)14-17/h17H,1-13H2/p-1/b16-14-. The molecule has 0 heterocycles. The molecule has 0 atom stereocenters.